The van der Waals surface area contributed by atoms with Crippen LogP contribution in [0.5, 0.6) is 0 Å². The molecule has 2 atom stereocenters. The van der Waals surface area contributed by atoms with Crippen molar-refractivity contribution < 1.29 is 18.8 Å². The Morgan fingerprint density at radius 3 is 2.27 bits per heavy atom. The molecule has 1 aromatic carbocycles. The number of halogens is 1. The minimum atomic E-state index is -1.40. The fourth-order valence-corrected chi connectivity index (χ4v) is 4.06. The van der Waals surface area contributed by atoms with E-state index in [1.54, 1.807) is 26.8 Å². The van der Waals surface area contributed by atoms with Crippen LogP contribution in [-0.4, -0.2) is 17.5 Å². The van der Waals surface area contributed by atoms with Crippen LogP contribution in [0.4, 0.5) is 10.1 Å². The number of hydrogen-bond donors (Lipinski definition) is 1. The van der Waals surface area contributed by atoms with Gasteiger partial charge in [0, 0.05) is 5.41 Å². The second kappa shape index (κ2) is 4.24. The molecule has 4 nitrogen and oxygen atoms in total. The smallest absolute Gasteiger partial charge is 0.239 e. The summed E-state index contributed by atoms with van der Waals surface area (Å²) >= 11 is 0. The van der Waals surface area contributed by atoms with Crippen LogP contribution in [0.15, 0.2) is 24.3 Å². The minimum absolute atomic E-state index is 0.0263. The average molecular weight is 303 g/mol. The second-order valence-corrected chi connectivity index (χ2v) is 6.95. The van der Waals surface area contributed by atoms with Crippen molar-refractivity contribution in [1.29, 1.82) is 0 Å². The highest BCUT2D eigenvalue weighted by Crippen LogP contribution is 2.69. The standard InChI is InChI=1S/C17H18FNO3/c1-15(2)16(3)8-9-17(15,13(21)12(16)20)14(22)19-11-7-5-4-6-10(11)18/h4-7H,8-9H2,1-3H3,(H,19,22)/t16-,17-/m1/s1. The van der Waals surface area contributed by atoms with E-state index in [9.17, 15) is 18.8 Å². The summed E-state index contributed by atoms with van der Waals surface area (Å²) in [4.78, 5) is 37.7. The summed E-state index contributed by atoms with van der Waals surface area (Å²) in [6.07, 6.45) is 0.816. The Bertz CT molecular complexity index is 712. The molecule has 2 fully saturated rings. The number of benzene rings is 1. The number of carbonyl (C=O) groups is 3. The van der Waals surface area contributed by atoms with Crippen LogP contribution < -0.4 is 5.32 Å². The zero-order chi connectivity index (χ0) is 16.3. The summed E-state index contributed by atoms with van der Waals surface area (Å²) in [6.45, 7) is 5.31. The van der Waals surface area contributed by atoms with Crippen LogP contribution in [-0.2, 0) is 14.4 Å². The molecule has 0 aromatic heterocycles. The number of nitrogens with one attached hydrogen (secondary N) is 1. The van der Waals surface area contributed by atoms with Gasteiger partial charge in [-0.15, -0.1) is 0 Å². The summed E-state index contributed by atoms with van der Waals surface area (Å²) in [7, 11) is 0. The molecular weight excluding hydrogens is 285 g/mol. The van der Waals surface area contributed by atoms with Gasteiger partial charge in [-0.25, -0.2) is 4.39 Å². The number of amides is 1. The number of para-hydroxylation sites is 1. The van der Waals surface area contributed by atoms with Crippen molar-refractivity contribution in [2.45, 2.75) is 33.6 Å². The first-order valence-corrected chi connectivity index (χ1v) is 7.34. The molecule has 0 heterocycles. The van der Waals surface area contributed by atoms with Gasteiger partial charge in [0.1, 0.15) is 11.2 Å². The van der Waals surface area contributed by atoms with Crippen LogP contribution in [0.25, 0.3) is 0 Å². The van der Waals surface area contributed by atoms with E-state index in [4.69, 9.17) is 0 Å². The summed E-state index contributed by atoms with van der Waals surface area (Å²) in [5.41, 5.74) is -2.99. The van der Waals surface area contributed by atoms with Gasteiger partial charge in [0.25, 0.3) is 0 Å². The lowest BCUT2D eigenvalue weighted by Gasteiger charge is -2.37. The van der Waals surface area contributed by atoms with E-state index < -0.39 is 39.5 Å². The quantitative estimate of drug-likeness (QED) is 0.675. The van der Waals surface area contributed by atoms with Gasteiger partial charge in [-0.05, 0) is 30.4 Å². The molecule has 1 aromatic rings. The first-order chi connectivity index (χ1) is 10.2. The number of ketones is 2. The van der Waals surface area contributed by atoms with Gasteiger partial charge in [-0.3, -0.25) is 14.4 Å². The average Bonchev–Trinajstić information content (AvgIpc) is 2.74. The van der Waals surface area contributed by atoms with E-state index in [1.807, 2.05) is 0 Å². The molecule has 2 bridgehead atoms. The monoisotopic (exact) mass is 303 g/mol. The number of rotatable bonds is 2. The Hall–Kier alpha value is -2.04. The lowest BCUT2D eigenvalue weighted by atomic mass is 9.64. The Morgan fingerprint density at radius 2 is 1.73 bits per heavy atom. The molecule has 0 unspecified atom stereocenters. The van der Waals surface area contributed by atoms with Crippen LogP contribution in [0.1, 0.15) is 33.6 Å². The van der Waals surface area contributed by atoms with Crippen molar-refractivity contribution in [3.05, 3.63) is 30.1 Å². The Morgan fingerprint density at radius 1 is 1.09 bits per heavy atom. The summed E-state index contributed by atoms with van der Waals surface area (Å²) < 4.78 is 13.8. The zero-order valence-corrected chi connectivity index (χ0v) is 12.8. The number of fused-ring (bicyclic) bond motifs is 2. The van der Waals surface area contributed by atoms with E-state index in [0.29, 0.717) is 12.8 Å². The molecule has 0 radical (unpaired) electrons. The second-order valence-electron chi connectivity index (χ2n) is 6.95. The normalized spacial score (nSPS) is 32.4. The molecule has 22 heavy (non-hydrogen) atoms. The minimum Gasteiger partial charge on any atom is -0.323 e. The molecule has 3 rings (SSSR count). The van der Waals surface area contributed by atoms with Gasteiger partial charge in [-0.1, -0.05) is 32.9 Å². The summed E-state index contributed by atoms with van der Waals surface area (Å²) in [5.74, 6) is -2.27. The van der Waals surface area contributed by atoms with Gasteiger partial charge in [0.15, 0.2) is 0 Å². The van der Waals surface area contributed by atoms with Crippen molar-refractivity contribution in [3.63, 3.8) is 0 Å². The van der Waals surface area contributed by atoms with E-state index >= 15 is 0 Å². The van der Waals surface area contributed by atoms with Crippen molar-refractivity contribution in [2.75, 3.05) is 5.32 Å². The fraction of sp³-hybridized carbons (Fsp3) is 0.471. The van der Waals surface area contributed by atoms with E-state index in [2.05, 4.69) is 5.32 Å². The first kappa shape index (κ1) is 14.9. The molecule has 1 N–H and O–H groups in total. The van der Waals surface area contributed by atoms with Crippen LogP contribution in [0, 0.1) is 22.1 Å². The van der Waals surface area contributed by atoms with Gasteiger partial charge < -0.3 is 5.32 Å². The molecule has 5 heteroatoms. The molecule has 2 saturated carbocycles. The first-order valence-electron chi connectivity index (χ1n) is 7.34. The third-order valence-corrected chi connectivity index (χ3v) is 6.05. The number of anilines is 1. The Kier molecular flexibility index (Phi) is 2.87. The maximum atomic E-state index is 13.8. The van der Waals surface area contributed by atoms with Crippen LogP contribution in [0.2, 0.25) is 0 Å². The molecule has 116 valence electrons. The SMILES string of the molecule is CC1(C)[C@]2(C(=O)Nc3ccccc3F)CC[C@]1(C)C(=O)C2=O. The van der Waals surface area contributed by atoms with Crippen LogP contribution >= 0.6 is 0 Å². The number of hydrogen-bond acceptors (Lipinski definition) is 3. The largest absolute Gasteiger partial charge is 0.323 e. The number of Topliss-reactive ketones (excluding diaryl/α,β-unsaturated/α-hetero) is 2. The van der Waals surface area contributed by atoms with E-state index in [-0.39, 0.29) is 5.69 Å². The summed E-state index contributed by atoms with van der Waals surface area (Å²) in [6, 6.07) is 5.79. The highest BCUT2D eigenvalue weighted by Gasteiger charge is 2.77. The third kappa shape index (κ3) is 1.44. The van der Waals surface area contributed by atoms with Gasteiger partial charge >= 0.3 is 0 Å². The molecule has 0 saturated heterocycles. The highest BCUT2D eigenvalue weighted by atomic mass is 19.1. The molecule has 2 aliphatic carbocycles. The highest BCUT2D eigenvalue weighted by molar-refractivity contribution is 6.49. The maximum absolute atomic E-state index is 13.8. The van der Waals surface area contributed by atoms with Crippen molar-refractivity contribution >= 4 is 23.2 Å². The maximum Gasteiger partial charge on any atom is 0.239 e. The molecule has 1 amide bonds. The van der Waals surface area contributed by atoms with E-state index in [1.165, 1.54) is 18.2 Å². The molecule has 2 aliphatic rings. The van der Waals surface area contributed by atoms with Crippen molar-refractivity contribution in [1.82, 2.24) is 0 Å². The van der Waals surface area contributed by atoms with Gasteiger partial charge in [-0.2, -0.15) is 0 Å². The van der Waals surface area contributed by atoms with Crippen molar-refractivity contribution in [3.8, 4) is 0 Å². The van der Waals surface area contributed by atoms with Gasteiger partial charge in [0.05, 0.1) is 5.69 Å². The van der Waals surface area contributed by atoms with Crippen molar-refractivity contribution in [2.24, 2.45) is 16.2 Å². The van der Waals surface area contributed by atoms with Gasteiger partial charge in [0.2, 0.25) is 17.5 Å². The summed E-state index contributed by atoms with van der Waals surface area (Å²) in [5, 5.41) is 2.51. The predicted molar refractivity (Wildman–Crippen MR) is 78.6 cm³/mol. The molecule has 0 spiro atoms. The Labute approximate surface area is 128 Å². The zero-order valence-electron chi connectivity index (χ0n) is 12.8. The Balaban J connectivity index is 2.04. The predicted octanol–water partition coefficient (Wildman–Crippen LogP) is 2.73. The lowest BCUT2D eigenvalue weighted by Crippen LogP contribution is -2.47. The molecule has 0 aliphatic heterocycles. The third-order valence-electron chi connectivity index (χ3n) is 6.05. The van der Waals surface area contributed by atoms with E-state index in [0.717, 1.165) is 0 Å². The number of carbonyl (C=O) groups excluding carboxylic acids is 3. The fourth-order valence-electron chi connectivity index (χ4n) is 4.06. The van der Waals surface area contributed by atoms with Crippen LogP contribution in [0.3, 0.4) is 0 Å². The molecular formula is C17H18FNO3. The lowest BCUT2D eigenvalue weighted by molar-refractivity contribution is -0.147. The topological polar surface area (TPSA) is 63.2 Å².